The van der Waals surface area contributed by atoms with Crippen LogP contribution in [0.25, 0.3) is 0 Å². The molecule has 5 heteroatoms. The Bertz CT molecular complexity index is 450. The second-order valence-electron chi connectivity index (χ2n) is 6.02. The van der Waals surface area contributed by atoms with Gasteiger partial charge in [0.15, 0.2) is 0 Å². The molecule has 0 aromatic heterocycles. The van der Waals surface area contributed by atoms with Crippen molar-refractivity contribution in [2.45, 2.75) is 26.3 Å². The van der Waals surface area contributed by atoms with Crippen LogP contribution in [0, 0.1) is 0 Å². The maximum atomic E-state index is 11.2. The molecule has 3 N–H and O–H groups in total. The van der Waals surface area contributed by atoms with Crippen molar-refractivity contribution in [3.8, 4) is 0 Å². The molecule has 0 bridgehead atoms. The molecular formula is C16H26N4O. The molecule has 2 rings (SSSR count). The monoisotopic (exact) mass is 290 g/mol. The van der Waals surface area contributed by atoms with Gasteiger partial charge in [0.05, 0.1) is 6.54 Å². The van der Waals surface area contributed by atoms with Gasteiger partial charge in [-0.15, -0.1) is 0 Å². The van der Waals surface area contributed by atoms with Gasteiger partial charge in [0.2, 0.25) is 5.91 Å². The van der Waals surface area contributed by atoms with Crippen molar-refractivity contribution in [2.75, 3.05) is 32.7 Å². The van der Waals surface area contributed by atoms with Crippen molar-refractivity contribution >= 4 is 5.91 Å². The lowest BCUT2D eigenvalue weighted by Gasteiger charge is -2.34. The SMILES string of the molecule is CC(C)c1ccc(CN2CCN(CC(=O)NN)CC2)cc1. The number of hydrogen-bond acceptors (Lipinski definition) is 4. The van der Waals surface area contributed by atoms with E-state index in [1.165, 1.54) is 11.1 Å². The van der Waals surface area contributed by atoms with Crippen LogP contribution in [0.3, 0.4) is 0 Å². The molecule has 1 aliphatic rings. The maximum absolute atomic E-state index is 11.2. The maximum Gasteiger partial charge on any atom is 0.248 e. The van der Waals surface area contributed by atoms with Crippen LogP contribution < -0.4 is 11.3 Å². The molecule has 1 aliphatic heterocycles. The lowest BCUT2D eigenvalue weighted by atomic mass is 10.0. The van der Waals surface area contributed by atoms with Crippen LogP contribution in [-0.4, -0.2) is 48.4 Å². The van der Waals surface area contributed by atoms with Gasteiger partial charge in [-0.2, -0.15) is 0 Å². The molecule has 1 saturated heterocycles. The normalized spacial score (nSPS) is 17.1. The Labute approximate surface area is 127 Å². The quantitative estimate of drug-likeness (QED) is 0.481. The Morgan fingerprint density at radius 1 is 1.14 bits per heavy atom. The molecule has 0 atom stereocenters. The highest BCUT2D eigenvalue weighted by Crippen LogP contribution is 2.16. The Hall–Kier alpha value is -1.43. The van der Waals surface area contributed by atoms with E-state index < -0.39 is 0 Å². The molecule has 116 valence electrons. The summed E-state index contributed by atoms with van der Waals surface area (Å²) in [5.41, 5.74) is 4.92. The molecule has 1 fully saturated rings. The number of amides is 1. The van der Waals surface area contributed by atoms with Crippen LogP contribution in [0.2, 0.25) is 0 Å². The first-order chi connectivity index (χ1) is 10.1. The van der Waals surface area contributed by atoms with Crippen molar-refractivity contribution in [1.29, 1.82) is 0 Å². The minimum absolute atomic E-state index is 0.118. The summed E-state index contributed by atoms with van der Waals surface area (Å²) in [4.78, 5) is 15.8. The first-order valence-corrected chi connectivity index (χ1v) is 7.61. The van der Waals surface area contributed by atoms with Crippen molar-refractivity contribution in [1.82, 2.24) is 15.2 Å². The summed E-state index contributed by atoms with van der Waals surface area (Å²) in [5, 5.41) is 0. The van der Waals surface area contributed by atoms with Gasteiger partial charge in [-0.25, -0.2) is 5.84 Å². The number of benzene rings is 1. The van der Waals surface area contributed by atoms with E-state index >= 15 is 0 Å². The second kappa shape index (κ2) is 7.54. The fourth-order valence-electron chi connectivity index (χ4n) is 2.62. The fourth-order valence-corrected chi connectivity index (χ4v) is 2.62. The number of nitrogens with two attached hydrogens (primary N) is 1. The van der Waals surface area contributed by atoms with Crippen LogP contribution in [0.5, 0.6) is 0 Å². The zero-order valence-corrected chi connectivity index (χ0v) is 13.0. The van der Waals surface area contributed by atoms with Crippen molar-refractivity contribution in [3.63, 3.8) is 0 Å². The predicted octanol–water partition coefficient (Wildman–Crippen LogP) is 0.918. The average molecular weight is 290 g/mol. The van der Waals surface area contributed by atoms with Gasteiger partial charge in [-0.05, 0) is 17.0 Å². The van der Waals surface area contributed by atoms with Crippen LogP contribution >= 0.6 is 0 Å². The minimum Gasteiger partial charge on any atom is -0.297 e. The van der Waals surface area contributed by atoms with E-state index in [1.54, 1.807) is 0 Å². The van der Waals surface area contributed by atoms with E-state index in [0.29, 0.717) is 12.5 Å². The number of carbonyl (C=O) groups excluding carboxylic acids is 1. The van der Waals surface area contributed by atoms with Crippen molar-refractivity contribution < 1.29 is 4.79 Å². The first kappa shape index (κ1) is 15.9. The summed E-state index contributed by atoms with van der Waals surface area (Å²) in [7, 11) is 0. The molecule has 21 heavy (non-hydrogen) atoms. The van der Waals surface area contributed by atoms with E-state index in [1.807, 2.05) is 0 Å². The van der Waals surface area contributed by atoms with E-state index in [0.717, 1.165) is 32.7 Å². The van der Waals surface area contributed by atoms with Crippen LogP contribution in [0.4, 0.5) is 0 Å². The number of carbonyl (C=O) groups is 1. The van der Waals surface area contributed by atoms with Gasteiger partial charge in [0.1, 0.15) is 0 Å². The van der Waals surface area contributed by atoms with E-state index in [4.69, 9.17) is 5.84 Å². The van der Waals surface area contributed by atoms with Crippen LogP contribution in [-0.2, 0) is 11.3 Å². The minimum atomic E-state index is -0.118. The number of hydrazine groups is 1. The molecule has 0 unspecified atom stereocenters. The van der Waals surface area contributed by atoms with Gasteiger partial charge in [-0.3, -0.25) is 20.0 Å². The lowest BCUT2D eigenvalue weighted by Crippen LogP contribution is -2.49. The molecule has 0 spiro atoms. The summed E-state index contributed by atoms with van der Waals surface area (Å²) >= 11 is 0. The second-order valence-corrected chi connectivity index (χ2v) is 6.02. The zero-order chi connectivity index (χ0) is 15.2. The topological polar surface area (TPSA) is 61.6 Å². The summed E-state index contributed by atoms with van der Waals surface area (Å²) < 4.78 is 0. The summed E-state index contributed by atoms with van der Waals surface area (Å²) in [6.45, 7) is 9.61. The standard InChI is InChI=1S/C16H26N4O/c1-13(2)15-5-3-14(4-6-15)11-19-7-9-20(10-8-19)12-16(21)18-17/h3-6,13H,7-12,17H2,1-2H3,(H,18,21). The molecule has 1 heterocycles. The number of nitrogens with zero attached hydrogens (tertiary/aromatic N) is 2. The highest BCUT2D eigenvalue weighted by Gasteiger charge is 2.18. The predicted molar refractivity (Wildman–Crippen MR) is 84.6 cm³/mol. The van der Waals surface area contributed by atoms with Gasteiger partial charge >= 0.3 is 0 Å². The molecule has 0 saturated carbocycles. The smallest absolute Gasteiger partial charge is 0.248 e. The molecule has 1 aromatic carbocycles. The Morgan fingerprint density at radius 3 is 2.24 bits per heavy atom. The molecule has 1 amide bonds. The molecule has 5 nitrogen and oxygen atoms in total. The summed E-state index contributed by atoms with van der Waals surface area (Å²) in [6.07, 6.45) is 0. The lowest BCUT2D eigenvalue weighted by molar-refractivity contribution is -0.122. The Kier molecular flexibility index (Phi) is 5.73. The van der Waals surface area contributed by atoms with Gasteiger partial charge in [-0.1, -0.05) is 38.1 Å². The number of nitrogens with one attached hydrogen (secondary N) is 1. The Morgan fingerprint density at radius 2 is 1.71 bits per heavy atom. The van der Waals surface area contributed by atoms with Gasteiger partial charge in [0, 0.05) is 32.7 Å². The van der Waals surface area contributed by atoms with Crippen molar-refractivity contribution in [3.05, 3.63) is 35.4 Å². The zero-order valence-electron chi connectivity index (χ0n) is 13.0. The Balaban J connectivity index is 1.79. The summed E-state index contributed by atoms with van der Waals surface area (Å²) in [6, 6.07) is 8.90. The van der Waals surface area contributed by atoms with Crippen molar-refractivity contribution in [2.24, 2.45) is 5.84 Å². The molecule has 0 aliphatic carbocycles. The molecule has 1 aromatic rings. The van der Waals surface area contributed by atoms with E-state index in [9.17, 15) is 4.79 Å². The van der Waals surface area contributed by atoms with Gasteiger partial charge < -0.3 is 0 Å². The third kappa shape index (κ3) is 4.81. The number of rotatable bonds is 5. The first-order valence-electron chi connectivity index (χ1n) is 7.61. The van der Waals surface area contributed by atoms with Crippen LogP contribution in [0.15, 0.2) is 24.3 Å². The number of piperazine rings is 1. The van der Waals surface area contributed by atoms with Crippen LogP contribution in [0.1, 0.15) is 30.9 Å². The van der Waals surface area contributed by atoms with E-state index in [2.05, 4.69) is 53.3 Å². The average Bonchev–Trinajstić information content (AvgIpc) is 2.49. The fraction of sp³-hybridized carbons (Fsp3) is 0.562. The number of hydrogen-bond donors (Lipinski definition) is 2. The highest BCUT2D eigenvalue weighted by atomic mass is 16.2. The third-order valence-electron chi connectivity index (χ3n) is 4.05. The largest absolute Gasteiger partial charge is 0.297 e. The molecular weight excluding hydrogens is 264 g/mol. The summed E-state index contributed by atoms with van der Waals surface area (Å²) in [5.74, 6) is 5.58. The molecule has 0 radical (unpaired) electrons. The van der Waals surface area contributed by atoms with Gasteiger partial charge in [0.25, 0.3) is 0 Å². The third-order valence-corrected chi connectivity index (χ3v) is 4.05. The van der Waals surface area contributed by atoms with E-state index in [-0.39, 0.29) is 5.91 Å². The highest BCUT2D eigenvalue weighted by molar-refractivity contribution is 5.77.